The number of nitrogens with one attached hydrogen (secondary N) is 2. The molecule has 10 nitrogen and oxygen atoms in total. The second-order valence-corrected chi connectivity index (χ2v) is 5.90. The molecule has 0 spiro atoms. The quantitative estimate of drug-likeness (QED) is 0.378. The highest BCUT2D eigenvalue weighted by atomic mass is 35.5. The summed E-state index contributed by atoms with van der Waals surface area (Å²) in [7, 11) is 0. The number of rotatable bonds is 5. The van der Waals surface area contributed by atoms with E-state index in [1.54, 1.807) is 12.1 Å². The Labute approximate surface area is 161 Å². The molecule has 0 saturated heterocycles. The highest BCUT2D eigenvalue weighted by Crippen LogP contribution is 2.27. The van der Waals surface area contributed by atoms with Crippen molar-refractivity contribution in [1.29, 1.82) is 0 Å². The molecule has 0 fully saturated rings. The number of amides is 1. The lowest BCUT2D eigenvalue weighted by Gasteiger charge is -2.08. The predicted molar refractivity (Wildman–Crippen MR) is 99.4 cm³/mol. The van der Waals surface area contributed by atoms with Crippen LogP contribution in [0.2, 0.25) is 5.02 Å². The Morgan fingerprint density at radius 1 is 1.21 bits per heavy atom. The molecule has 0 aliphatic heterocycles. The Morgan fingerprint density at radius 3 is 2.64 bits per heavy atom. The first-order valence-corrected chi connectivity index (χ1v) is 8.13. The first-order chi connectivity index (χ1) is 13.4. The number of nitro groups is 1. The molecule has 0 bridgehead atoms. The molecule has 1 heterocycles. The number of halogens is 1. The molecule has 3 aromatic rings. The van der Waals surface area contributed by atoms with E-state index < -0.39 is 29.0 Å². The van der Waals surface area contributed by atoms with Gasteiger partial charge in [-0.15, -0.1) is 0 Å². The lowest BCUT2D eigenvalue weighted by molar-refractivity contribution is -0.384. The van der Waals surface area contributed by atoms with Crippen LogP contribution < -0.4 is 10.9 Å². The average Bonchev–Trinajstić information content (AvgIpc) is 2.68. The maximum Gasteiger partial charge on any atom is 0.359 e. The number of nitro benzene ring substituents is 1. The SMILES string of the molecule is O=C(COC(=O)c1n[nH]c(=O)c2ccccc12)Nc1ccc(Cl)c([N+](=O)[O-])c1. The van der Waals surface area contributed by atoms with E-state index in [2.05, 4.69) is 15.5 Å². The number of hydrogen-bond acceptors (Lipinski definition) is 7. The van der Waals surface area contributed by atoms with E-state index in [0.29, 0.717) is 0 Å². The number of esters is 1. The zero-order chi connectivity index (χ0) is 20.3. The van der Waals surface area contributed by atoms with E-state index in [4.69, 9.17) is 16.3 Å². The van der Waals surface area contributed by atoms with Gasteiger partial charge in [-0.2, -0.15) is 5.10 Å². The Hall–Kier alpha value is -3.79. The number of anilines is 1. The summed E-state index contributed by atoms with van der Waals surface area (Å²) in [6.45, 7) is -0.662. The van der Waals surface area contributed by atoms with Crippen LogP contribution in [0.3, 0.4) is 0 Å². The standard InChI is InChI=1S/C17H11ClN4O6/c18-12-6-5-9(7-13(12)22(26)27)19-14(23)8-28-17(25)15-10-3-1-2-4-11(10)16(24)21-20-15/h1-7H,8H2,(H,19,23)(H,21,24). The number of carbonyl (C=O) groups is 2. The fraction of sp³-hybridized carbons (Fsp3) is 0.0588. The van der Waals surface area contributed by atoms with Gasteiger partial charge >= 0.3 is 5.97 Å². The van der Waals surface area contributed by atoms with Crippen molar-refractivity contribution in [3.8, 4) is 0 Å². The van der Waals surface area contributed by atoms with Gasteiger partial charge in [-0.1, -0.05) is 29.8 Å². The van der Waals surface area contributed by atoms with Crippen LogP contribution in [0.25, 0.3) is 10.8 Å². The van der Waals surface area contributed by atoms with E-state index in [1.165, 1.54) is 24.3 Å². The Bertz CT molecular complexity index is 1160. The van der Waals surface area contributed by atoms with Crippen molar-refractivity contribution < 1.29 is 19.2 Å². The van der Waals surface area contributed by atoms with Gasteiger partial charge in [-0.25, -0.2) is 9.89 Å². The molecule has 28 heavy (non-hydrogen) atoms. The van der Waals surface area contributed by atoms with Gasteiger partial charge in [-0.3, -0.25) is 19.7 Å². The summed E-state index contributed by atoms with van der Waals surface area (Å²) in [6.07, 6.45) is 0. The van der Waals surface area contributed by atoms with Gasteiger partial charge in [0, 0.05) is 17.1 Å². The zero-order valence-electron chi connectivity index (χ0n) is 14.0. The summed E-state index contributed by atoms with van der Waals surface area (Å²) < 4.78 is 4.92. The minimum Gasteiger partial charge on any atom is -0.451 e. The van der Waals surface area contributed by atoms with Crippen LogP contribution >= 0.6 is 11.6 Å². The van der Waals surface area contributed by atoms with Gasteiger partial charge in [0.2, 0.25) is 0 Å². The van der Waals surface area contributed by atoms with Crippen molar-refractivity contribution in [2.45, 2.75) is 0 Å². The van der Waals surface area contributed by atoms with Crippen LogP contribution in [0.5, 0.6) is 0 Å². The van der Waals surface area contributed by atoms with Gasteiger partial charge in [0.1, 0.15) is 5.02 Å². The van der Waals surface area contributed by atoms with Gasteiger partial charge in [0.15, 0.2) is 12.3 Å². The fourth-order valence-electron chi connectivity index (χ4n) is 2.40. The molecule has 3 rings (SSSR count). The molecule has 1 amide bonds. The molecule has 0 unspecified atom stereocenters. The van der Waals surface area contributed by atoms with E-state index in [1.807, 2.05) is 0 Å². The molecule has 0 radical (unpaired) electrons. The number of carbonyl (C=O) groups excluding carboxylic acids is 2. The van der Waals surface area contributed by atoms with Gasteiger partial charge in [0.05, 0.1) is 10.3 Å². The first kappa shape index (κ1) is 19.0. The molecule has 0 saturated carbocycles. The Kier molecular flexibility index (Phi) is 5.32. The molecule has 1 aromatic heterocycles. The first-order valence-electron chi connectivity index (χ1n) is 7.75. The summed E-state index contributed by atoms with van der Waals surface area (Å²) in [5.41, 5.74) is -0.871. The molecule has 2 N–H and O–H groups in total. The number of ether oxygens (including phenoxy) is 1. The third-order valence-corrected chi connectivity index (χ3v) is 3.97. The van der Waals surface area contributed by atoms with Gasteiger partial charge in [0.25, 0.3) is 17.2 Å². The third-order valence-electron chi connectivity index (χ3n) is 3.65. The van der Waals surface area contributed by atoms with Crippen LogP contribution in [0.1, 0.15) is 10.5 Å². The molecular formula is C17H11ClN4O6. The lowest BCUT2D eigenvalue weighted by Crippen LogP contribution is -2.22. The monoisotopic (exact) mass is 402 g/mol. The number of aromatic amines is 1. The number of benzene rings is 2. The summed E-state index contributed by atoms with van der Waals surface area (Å²) in [6, 6.07) is 10.0. The molecule has 11 heteroatoms. The summed E-state index contributed by atoms with van der Waals surface area (Å²) >= 11 is 5.70. The van der Waals surface area contributed by atoms with Gasteiger partial charge < -0.3 is 10.1 Å². The number of H-pyrrole nitrogens is 1. The van der Waals surface area contributed by atoms with Crippen LogP contribution in [-0.2, 0) is 9.53 Å². The lowest BCUT2D eigenvalue weighted by atomic mass is 10.1. The fourth-order valence-corrected chi connectivity index (χ4v) is 2.58. The van der Waals surface area contributed by atoms with E-state index >= 15 is 0 Å². The van der Waals surface area contributed by atoms with Crippen LogP contribution in [-0.4, -0.2) is 33.6 Å². The Morgan fingerprint density at radius 2 is 1.93 bits per heavy atom. The van der Waals surface area contributed by atoms with E-state index in [0.717, 1.165) is 6.07 Å². The van der Waals surface area contributed by atoms with Crippen molar-refractivity contribution in [3.05, 3.63) is 73.6 Å². The highest BCUT2D eigenvalue weighted by molar-refractivity contribution is 6.32. The number of nitrogens with zero attached hydrogens (tertiary/aromatic N) is 2. The maximum atomic E-state index is 12.2. The summed E-state index contributed by atoms with van der Waals surface area (Å²) in [4.78, 5) is 46.1. The molecular weight excluding hydrogens is 392 g/mol. The molecule has 2 aromatic carbocycles. The largest absolute Gasteiger partial charge is 0.451 e. The van der Waals surface area contributed by atoms with Crippen LogP contribution in [0, 0.1) is 10.1 Å². The highest BCUT2D eigenvalue weighted by Gasteiger charge is 2.18. The summed E-state index contributed by atoms with van der Waals surface area (Å²) in [5, 5.41) is 19.6. The second kappa shape index (κ2) is 7.84. The maximum absolute atomic E-state index is 12.2. The van der Waals surface area contributed by atoms with E-state index in [-0.39, 0.29) is 32.9 Å². The zero-order valence-corrected chi connectivity index (χ0v) is 14.7. The van der Waals surface area contributed by atoms with Crippen molar-refractivity contribution in [3.63, 3.8) is 0 Å². The van der Waals surface area contributed by atoms with Crippen LogP contribution in [0.15, 0.2) is 47.3 Å². The minimum absolute atomic E-state index is 0.0783. The van der Waals surface area contributed by atoms with Crippen molar-refractivity contribution in [2.24, 2.45) is 0 Å². The normalized spacial score (nSPS) is 10.5. The Balaban J connectivity index is 1.69. The van der Waals surface area contributed by atoms with Gasteiger partial charge in [-0.05, 0) is 18.2 Å². The minimum atomic E-state index is -0.912. The topological polar surface area (TPSA) is 144 Å². The number of hydrogen-bond donors (Lipinski definition) is 2. The van der Waals surface area contributed by atoms with Crippen LogP contribution in [0.4, 0.5) is 11.4 Å². The smallest absolute Gasteiger partial charge is 0.359 e. The van der Waals surface area contributed by atoms with Crippen molar-refractivity contribution in [1.82, 2.24) is 10.2 Å². The number of aromatic nitrogens is 2. The third kappa shape index (κ3) is 3.96. The molecule has 0 aliphatic rings. The van der Waals surface area contributed by atoms with Crippen molar-refractivity contribution >= 4 is 45.6 Å². The molecule has 0 aliphatic carbocycles. The van der Waals surface area contributed by atoms with Crippen molar-refractivity contribution in [2.75, 3.05) is 11.9 Å². The molecule has 142 valence electrons. The average molecular weight is 403 g/mol. The van der Waals surface area contributed by atoms with E-state index in [9.17, 15) is 24.5 Å². The molecule has 0 atom stereocenters. The predicted octanol–water partition coefficient (Wildman–Crippen LogP) is 2.28. The number of fused-ring (bicyclic) bond motifs is 1. The summed E-state index contributed by atoms with van der Waals surface area (Å²) in [5.74, 6) is -1.64. The second-order valence-electron chi connectivity index (χ2n) is 5.49.